The van der Waals surface area contributed by atoms with Crippen molar-refractivity contribution in [3.63, 3.8) is 0 Å². The number of aliphatic imine (C=N–C) groups is 1. The molecule has 0 aliphatic carbocycles. The van der Waals surface area contributed by atoms with Crippen LogP contribution >= 0.6 is 23.2 Å². The van der Waals surface area contributed by atoms with Gasteiger partial charge in [0.2, 0.25) is 0 Å². The highest BCUT2D eigenvalue weighted by Gasteiger charge is 2.35. The Morgan fingerprint density at radius 3 is 2.06 bits per heavy atom. The van der Waals surface area contributed by atoms with Crippen molar-refractivity contribution < 1.29 is 17.9 Å². The first-order chi connectivity index (χ1) is 15.3. The summed E-state index contributed by atoms with van der Waals surface area (Å²) in [6, 6.07) is 17.6. The van der Waals surface area contributed by atoms with Crippen LogP contribution in [0.2, 0.25) is 10.0 Å². The minimum atomic E-state index is -4.47. The fraction of sp³-hybridized carbons (Fsp3) is 0.208. The molecule has 32 heavy (non-hydrogen) atoms. The van der Waals surface area contributed by atoms with Gasteiger partial charge in [-0.05, 0) is 60.5 Å². The van der Waals surface area contributed by atoms with Crippen molar-refractivity contribution in [2.75, 3.05) is 6.61 Å². The van der Waals surface area contributed by atoms with Crippen molar-refractivity contribution >= 4 is 29.0 Å². The van der Waals surface area contributed by atoms with E-state index in [9.17, 15) is 13.2 Å². The van der Waals surface area contributed by atoms with E-state index in [1.807, 2.05) is 24.3 Å². The number of hydrogen-bond acceptors (Lipinski definition) is 3. The highest BCUT2D eigenvalue weighted by molar-refractivity contribution is 6.30. The summed E-state index contributed by atoms with van der Waals surface area (Å²) in [5.41, 5.74) is 1.56. The van der Waals surface area contributed by atoms with Crippen LogP contribution in [0.25, 0.3) is 0 Å². The topological polar surface area (TPSA) is 33.6 Å². The maximum atomic E-state index is 13.2. The Balaban J connectivity index is 1.78. The largest absolute Gasteiger partial charge is 0.493 e. The SMILES string of the molecule is CCOc1cc(C(F)(F)F)ccc1C1=N[C@H](c2ccc(Cl)cc2)[C@H](c2ccc(Cl)cc2)N1. The average Bonchev–Trinajstić information content (AvgIpc) is 3.19. The molecule has 0 saturated carbocycles. The van der Waals surface area contributed by atoms with E-state index in [1.54, 1.807) is 31.2 Å². The van der Waals surface area contributed by atoms with Gasteiger partial charge in [-0.15, -0.1) is 0 Å². The number of halogens is 5. The number of benzene rings is 3. The maximum Gasteiger partial charge on any atom is 0.416 e. The van der Waals surface area contributed by atoms with Crippen LogP contribution in [0.15, 0.2) is 71.7 Å². The lowest BCUT2D eigenvalue weighted by molar-refractivity contribution is -0.137. The van der Waals surface area contributed by atoms with Crippen molar-refractivity contribution in [2.45, 2.75) is 25.2 Å². The number of ether oxygens (including phenoxy) is 1. The molecule has 0 fully saturated rings. The quantitative estimate of drug-likeness (QED) is 0.419. The van der Waals surface area contributed by atoms with Crippen molar-refractivity contribution in [3.05, 3.63) is 99.0 Å². The third-order valence-corrected chi connectivity index (χ3v) is 5.68. The minimum Gasteiger partial charge on any atom is -0.493 e. The number of nitrogens with one attached hydrogen (secondary N) is 1. The van der Waals surface area contributed by atoms with Gasteiger partial charge in [-0.2, -0.15) is 13.2 Å². The van der Waals surface area contributed by atoms with Crippen molar-refractivity contribution in [2.24, 2.45) is 4.99 Å². The van der Waals surface area contributed by atoms with Crippen LogP contribution in [0, 0.1) is 0 Å². The number of alkyl halides is 3. The van der Waals surface area contributed by atoms with Gasteiger partial charge in [0, 0.05) is 10.0 Å². The van der Waals surface area contributed by atoms with E-state index < -0.39 is 11.7 Å². The van der Waals surface area contributed by atoms with Gasteiger partial charge >= 0.3 is 6.18 Å². The zero-order valence-electron chi connectivity index (χ0n) is 17.0. The Bertz CT molecular complexity index is 1130. The molecule has 0 saturated heterocycles. The first-order valence-electron chi connectivity index (χ1n) is 9.96. The van der Waals surface area contributed by atoms with Crippen LogP contribution in [-0.2, 0) is 6.18 Å². The Hall–Kier alpha value is -2.70. The Labute approximate surface area is 193 Å². The molecule has 0 amide bonds. The van der Waals surface area contributed by atoms with E-state index in [4.69, 9.17) is 32.9 Å². The van der Waals surface area contributed by atoms with E-state index in [1.165, 1.54) is 6.07 Å². The van der Waals surface area contributed by atoms with Crippen molar-refractivity contribution in [3.8, 4) is 5.75 Å². The molecule has 4 rings (SSSR count). The Morgan fingerprint density at radius 1 is 0.906 bits per heavy atom. The van der Waals surface area contributed by atoms with Gasteiger partial charge in [0.25, 0.3) is 0 Å². The molecule has 166 valence electrons. The molecule has 3 nitrogen and oxygen atoms in total. The summed E-state index contributed by atoms with van der Waals surface area (Å²) in [5, 5.41) is 4.59. The van der Waals surface area contributed by atoms with Crippen LogP contribution in [-0.4, -0.2) is 12.4 Å². The van der Waals surface area contributed by atoms with Crippen LogP contribution in [0.5, 0.6) is 5.75 Å². The van der Waals surface area contributed by atoms with Gasteiger partial charge < -0.3 is 10.1 Å². The summed E-state index contributed by atoms with van der Waals surface area (Å²) in [6.07, 6.45) is -4.47. The summed E-state index contributed by atoms with van der Waals surface area (Å²) in [6.45, 7) is 1.95. The fourth-order valence-electron chi connectivity index (χ4n) is 3.66. The van der Waals surface area contributed by atoms with Crippen LogP contribution in [0.1, 0.15) is 41.3 Å². The summed E-state index contributed by atoms with van der Waals surface area (Å²) >= 11 is 12.1. The molecule has 1 N–H and O–H groups in total. The highest BCUT2D eigenvalue weighted by atomic mass is 35.5. The number of nitrogens with zero attached hydrogens (tertiary/aromatic N) is 1. The van der Waals surface area contributed by atoms with E-state index >= 15 is 0 Å². The monoisotopic (exact) mass is 478 g/mol. The molecule has 0 bridgehead atoms. The van der Waals surface area contributed by atoms with Gasteiger partial charge in [-0.25, -0.2) is 0 Å². The van der Waals surface area contributed by atoms with Crippen LogP contribution in [0.3, 0.4) is 0 Å². The number of hydrogen-bond donors (Lipinski definition) is 1. The van der Waals surface area contributed by atoms with Crippen LogP contribution in [0.4, 0.5) is 13.2 Å². The summed E-state index contributed by atoms with van der Waals surface area (Å²) < 4.78 is 45.2. The second kappa shape index (κ2) is 9.04. The molecule has 8 heteroatoms. The summed E-state index contributed by atoms with van der Waals surface area (Å²) in [5.74, 6) is 0.585. The second-order valence-corrected chi connectivity index (χ2v) is 8.16. The van der Waals surface area contributed by atoms with E-state index in [0.29, 0.717) is 21.4 Å². The van der Waals surface area contributed by atoms with Gasteiger partial charge in [0.1, 0.15) is 17.6 Å². The molecule has 1 aliphatic heterocycles. The molecular weight excluding hydrogens is 460 g/mol. The lowest BCUT2D eigenvalue weighted by Crippen LogP contribution is -2.25. The predicted octanol–water partition coefficient (Wildman–Crippen LogP) is 7.24. The fourth-order valence-corrected chi connectivity index (χ4v) is 3.91. The maximum absolute atomic E-state index is 13.2. The lowest BCUT2D eigenvalue weighted by Gasteiger charge is -2.20. The normalized spacial score (nSPS) is 18.2. The summed E-state index contributed by atoms with van der Waals surface area (Å²) in [4.78, 5) is 4.84. The third-order valence-electron chi connectivity index (χ3n) is 5.18. The minimum absolute atomic E-state index is 0.125. The smallest absolute Gasteiger partial charge is 0.416 e. The Morgan fingerprint density at radius 2 is 1.50 bits per heavy atom. The molecule has 0 aromatic heterocycles. The van der Waals surface area contributed by atoms with Gasteiger partial charge in [-0.1, -0.05) is 47.5 Å². The molecule has 1 heterocycles. The molecule has 0 spiro atoms. The molecule has 0 radical (unpaired) electrons. The molecule has 2 atom stereocenters. The average molecular weight is 479 g/mol. The number of amidine groups is 1. The first-order valence-corrected chi connectivity index (χ1v) is 10.7. The predicted molar refractivity (Wildman–Crippen MR) is 121 cm³/mol. The standard InChI is InChI=1S/C24H19Cl2F3N2O/c1-2-32-20-13-16(24(27,28)29)7-12-19(20)23-30-21(14-3-8-17(25)9-4-14)22(31-23)15-5-10-18(26)11-6-15/h3-13,21-22H,2H2,1H3,(H,30,31)/t21-,22+. The molecule has 3 aromatic rings. The zero-order chi connectivity index (χ0) is 22.9. The third kappa shape index (κ3) is 4.71. The molecule has 1 aliphatic rings. The van der Waals surface area contributed by atoms with E-state index in [2.05, 4.69) is 5.32 Å². The van der Waals surface area contributed by atoms with Crippen molar-refractivity contribution in [1.29, 1.82) is 0 Å². The van der Waals surface area contributed by atoms with Gasteiger partial charge in [0.05, 0.1) is 23.8 Å². The zero-order valence-corrected chi connectivity index (χ0v) is 18.5. The Kier molecular flexibility index (Phi) is 6.35. The summed E-state index contributed by atoms with van der Waals surface area (Å²) in [7, 11) is 0. The van der Waals surface area contributed by atoms with E-state index in [-0.39, 0.29) is 24.4 Å². The van der Waals surface area contributed by atoms with Gasteiger partial charge in [-0.3, -0.25) is 4.99 Å². The van der Waals surface area contributed by atoms with Crippen LogP contribution < -0.4 is 10.1 Å². The van der Waals surface area contributed by atoms with Gasteiger partial charge in [0.15, 0.2) is 0 Å². The van der Waals surface area contributed by atoms with Crippen molar-refractivity contribution in [1.82, 2.24) is 5.32 Å². The molecule has 0 unspecified atom stereocenters. The molecular formula is C24H19Cl2F3N2O. The second-order valence-electron chi connectivity index (χ2n) is 7.29. The number of rotatable bonds is 5. The van der Waals surface area contributed by atoms with E-state index in [0.717, 1.165) is 23.3 Å². The molecule has 3 aromatic carbocycles. The first kappa shape index (κ1) is 22.5. The highest BCUT2D eigenvalue weighted by Crippen LogP contribution is 2.40. The lowest BCUT2D eigenvalue weighted by atomic mass is 9.95.